The van der Waals surface area contributed by atoms with Crippen LogP contribution in [0.1, 0.15) is 21.0 Å². The maximum absolute atomic E-state index is 13.6. The average molecular weight is 500 g/mol. The Kier molecular flexibility index (Phi) is 6.86. The zero-order valence-corrected chi connectivity index (χ0v) is 20.8. The van der Waals surface area contributed by atoms with Gasteiger partial charge >= 0.3 is 0 Å². The van der Waals surface area contributed by atoms with Gasteiger partial charge in [0.15, 0.2) is 0 Å². The normalized spacial score (nSPS) is 10.8. The number of ether oxygens (including phenoxy) is 2. The van der Waals surface area contributed by atoms with Gasteiger partial charge in [-0.15, -0.1) is 11.3 Å². The predicted molar refractivity (Wildman–Crippen MR) is 138 cm³/mol. The molecule has 0 unspecified atom stereocenters. The van der Waals surface area contributed by atoms with Gasteiger partial charge in [0.2, 0.25) is 5.88 Å². The number of thiophene rings is 1. The second-order valence-corrected chi connectivity index (χ2v) is 9.07. The summed E-state index contributed by atoms with van der Waals surface area (Å²) in [6.07, 6.45) is 1.61. The number of aromatic nitrogens is 2. The third kappa shape index (κ3) is 5.04. The van der Waals surface area contributed by atoms with Crippen molar-refractivity contribution in [3.63, 3.8) is 0 Å². The minimum absolute atomic E-state index is 0.0865. The molecular weight excluding hydrogens is 474 g/mol. The van der Waals surface area contributed by atoms with Crippen molar-refractivity contribution < 1.29 is 18.7 Å². The lowest BCUT2D eigenvalue weighted by Gasteiger charge is -2.22. The van der Waals surface area contributed by atoms with Crippen LogP contribution in [0.5, 0.6) is 17.4 Å². The van der Waals surface area contributed by atoms with Crippen molar-refractivity contribution in [1.82, 2.24) is 14.7 Å². The molecule has 8 heteroatoms. The molecule has 0 aliphatic rings. The van der Waals surface area contributed by atoms with Crippen molar-refractivity contribution in [2.75, 3.05) is 7.11 Å². The number of amides is 1. The minimum atomic E-state index is -0.0865. The van der Waals surface area contributed by atoms with Crippen LogP contribution in [0.3, 0.4) is 0 Å². The maximum atomic E-state index is 13.6. The smallest absolute Gasteiger partial charge is 0.264 e. The van der Waals surface area contributed by atoms with E-state index in [2.05, 4.69) is 0 Å². The summed E-state index contributed by atoms with van der Waals surface area (Å²) in [7, 11) is 3.45. The summed E-state index contributed by atoms with van der Waals surface area (Å²) in [5.41, 5.74) is 2.48. The lowest BCUT2D eigenvalue weighted by molar-refractivity contribution is 0.0722. The van der Waals surface area contributed by atoms with Crippen LogP contribution in [0.2, 0.25) is 0 Å². The van der Waals surface area contributed by atoms with Crippen molar-refractivity contribution in [3.05, 3.63) is 107 Å². The Hall–Kier alpha value is -4.30. The van der Waals surface area contributed by atoms with E-state index in [9.17, 15) is 4.79 Å². The summed E-state index contributed by atoms with van der Waals surface area (Å²) < 4.78 is 19.0. The molecule has 3 heterocycles. The third-order valence-corrected chi connectivity index (χ3v) is 6.54. The van der Waals surface area contributed by atoms with Crippen LogP contribution in [0.4, 0.5) is 0 Å². The molecule has 0 aliphatic heterocycles. The number of carbonyl (C=O) groups excluding carboxylic acids is 1. The Morgan fingerprint density at radius 2 is 1.83 bits per heavy atom. The van der Waals surface area contributed by atoms with Gasteiger partial charge in [0.05, 0.1) is 36.9 Å². The number of benzene rings is 2. The van der Waals surface area contributed by atoms with Gasteiger partial charge < -0.3 is 18.8 Å². The first-order valence-corrected chi connectivity index (χ1v) is 12.3. The van der Waals surface area contributed by atoms with Crippen LogP contribution in [0.25, 0.3) is 11.3 Å². The van der Waals surface area contributed by atoms with Crippen molar-refractivity contribution in [2.45, 2.75) is 13.1 Å². The average Bonchev–Trinajstić information content (AvgIpc) is 3.68. The fourth-order valence-corrected chi connectivity index (χ4v) is 4.65. The van der Waals surface area contributed by atoms with Gasteiger partial charge in [0.1, 0.15) is 23.0 Å². The highest BCUT2D eigenvalue weighted by Gasteiger charge is 2.26. The molecule has 0 saturated heterocycles. The molecule has 2 aromatic carbocycles. The molecule has 0 aliphatic carbocycles. The largest absolute Gasteiger partial charge is 0.497 e. The van der Waals surface area contributed by atoms with E-state index in [4.69, 9.17) is 19.0 Å². The van der Waals surface area contributed by atoms with Crippen molar-refractivity contribution in [2.24, 2.45) is 7.05 Å². The van der Waals surface area contributed by atoms with Crippen LogP contribution in [0, 0.1) is 0 Å². The number of hydrogen-bond acceptors (Lipinski definition) is 6. The van der Waals surface area contributed by atoms with Gasteiger partial charge in [-0.3, -0.25) is 4.79 Å². The lowest BCUT2D eigenvalue weighted by atomic mass is 10.1. The van der Waals surface area contributed by atoms with Gasteiger partial charge in [-0.25, -0.2) is 4.68 Å². The van der Waals surface area contributed by atoms with E-state index in [1.54, 1.807) is 23.0 Å². The number of aryl methyl sites for hydroxylation is 1. The Morgan fingerprint density at radius 3 is 2.56 bits per heavy atom. The highest BCUT2D eigenvalue weighted by atomic mass is 32.1. The second kappa shape index (κ2) is 10.5. The van der Waals surface area contributed by atoms with Crippen LogP contribution < -0.4 is 9.47 Å². The Morgan fingerprint density at radius 1 is 1.00 bits per heavy atom. The molecule has 5 aromatic rings. The summed E-state index contributed by atoms with van der Waals surface area (Å²) in [6.45, 7) is 0.584. The van der Waals surface area contributed by atoms with Crippen LogP contribution in [-0.2, 0) is 20.1 Å². The number of rotatable bonds is 9. The molecule has 0 saturated carbocycles. The Balaban J connectivity index is 1.58. The van der Waals surface area contributed by atoms with Gasteiger partial charge in [0.25, 0.3) is 5.91 Å². The van der Waals surface area contributed by atoms with Gasteiger partial charge in [-0.1, -0.05) is 42.5 Å². The highest BCUT2D eigenvalue weighted by molar-refractivity contribution is 7.12. The molecule has 0 spiro atoms. The van der Waals surface area contributed by atoms with E-state index in [-0.39, 0.29) is 12.5 Å². The van der Waals surface area contributed by atoms with Crippen LogP contribution in [-0.4, -0.2) is 27.7 Å². The quantitative estimate of drug-likeness (QED) is 0.235. The molecule has 0 radical (unpaired) electrons. The lowest BCUT2D eigenvalue weighted by Crippen LogP contribution is -2.29. The molecule has 0 bridgehead atoms. The molecule has 3 aromatic heterocycles. The fourth-order valence-electron chi connectivity index (χ4n) is 3.96. The van der Waals surface area contributed by atoms with E-state index in [1.807, 2.05) is 91.3 Å². The topological polar surface area (TPSA) is 69.7 Å². The summed E-state index contributed by atoms with van der Waals surface area (Å²) in [4.78, 5) is 16.0. The standard InChI is InChI=1S/C28H25N3O4S/c1-30-28(35-22-12-6-11-21(17-22)33-2)24(26(29-30)20-9-4-3-5-10-20)19-31(18-23-13-7-15-34-23)27(32)25-14-8-16-36-25/h3-17H,18-19H2,1-2H3. The SMILES string of the molecule is COc1cccc(Oc2c(CN(Cc3ccco3)C(=O)c3cccs3)c(-c3ccccc3)nn2C)c1. The summed E-state index contributed by atoms with van der Waals surface area (Å²) in [5, 5.41) is 6.69. The molecular formula is C28H25N3O4S. The monoisotopic (exact) mass is 499 g/mol. The third-order valence-electron chi connectivity index (χ3n) is 5.69. The number of carbonyl (C=O) groups is 1. The number of furan rings is 1. The van der Waals surface area contributed by atoms with Crippen molar-refractivity contribution in [3.8, 4) is 28.6 Å². The highest BCUT2D eigenvalue weighted by Crippen LogP contribution is 2.35. The van der Waals surface area contributed by atoms with E-state index < -0.39 is 0 Å². The fraction of sp³-hybridized carbons (Fsp3) is 0.143. The molecule has 0 N–H and O–H groups in total. The van der Waals surface area contributed by atoms with Crippen molar-refractivity contribution in [1.29, 1.82) is 0 Å². The van der Waals surface area contributed by atoms with Crippen LogP contribution in [0.15, 0.2) is 94.9 Å². The molecule has 0 fully saturated rings. The zero-order valence-electron chi connectivity index (χ0n) is 20.0. The molecule has 7 nitrogen and oxygen atoms in total. The molecule has 36 heavy (non-hydrogen) atoms. The minimum Gasteiger partial charge on any atom is -0.497 e. The van der Waals surface area contributed by atoms with Gasteiger partial charge in [-0.2, -0.15) is 5.10 Å². The predicted octanol–water partition coefficient (Wildman–Crippen LogP) is 6.39. The summed E-state index contributed by atoms with van der Waals surface area (Å²) in [5.74, 6) is 2.45. The summed E-state index contributed by atoms with van der Waals surface area (Å²) in [6, 6.07) is 24.7. The summed E-state index contributed by atoms with van der Waals surface area (Å²) >= 11 is 1.41. The zero-order chi connectivity index (χ0) is 24.9. The first-order chi connectivity index (χ1) is 17.6. The first-order valence-electron chi connectivity index (χ1n) is 11.4. The second-order valence-electron chi connectivity index (χ2n) is 8.12. The number of hydrogen-bond donors (Lipinski definition) is 0. The molecule has 182 valence electrons. The first kappa shape index (κ1) is 23.4. The number of methoxy groups -OCH3 is 1. The molecule has 1 amide bonds. The van der Waals surface area contributed by atoms with Gasteiger partial charge in [0, 0.05) is 18.7 Å². The number of nitrogens with zero attached hydrogens (tertiary/aromatic N) is 3. The van der Waals surface area contributed by atoms with E-state index in [0.29, 0.717) is 34.6 Å². The Bertz CT molecular complexity index is 1430. The van der Waals surface area contributed by atoms with Crippen molar-refractivity contribution >= 4 is 17.2 Å². The van der Waals surface area contributed by atoms with E-state index >= 15 is 0 Å². The Labute approximate surface area is 213 Å². The maximum Gasteiger partial charge on any atom is 0.264 e. The molecule has 0 atom stereocenters. The molecule has 5 rings (SSSR count). The van der Waals surface area contributed by atoms with E-state index in [0.717, 1.165) is 16.8 Å². The van der Waals surface area contributed by atoms with Gasteiger partial charge in [-0.05, 0) is 35.7 Å². The van der Waals surface area contributed by atoms with E-state index in [1.165, 1.54) is 11.3 Å². The van der Waals surface area contributed by atoms with Crippen LogP contribution >= 0.6 is 11.3 Å².